The molecular formula is C31H30F6N2O2. The van der Waals surface area contributed by atoms with Crippen molar-refractivity contribution in [1.29, 1.82) is 0 Å². The van der Waals surface area contributed by atoms with Crippen LogP contribution in [0.3, 0.4) is 0 Å². The smallest absolute Gasteiger partial charge is 0.422 e. The highest BCUT2D eigenvalue weighted by Gasteiger charge is 2.30. The number of aromatic nitrogens is 2. The lowest BCUT2D eigenvalue weighted by Gasteiger charge is -2.12. The molecule has 0 N–H and O–H groups in total. The van der Waals surface area contributed by atoms with Crippen molar-refractivity contribution in [2.24, 2.45) is 0 Å². The van der Waals surface area contributed by atoms with E-state index in [0.29, 0.717) is 47.4 Å². The van der Waals surface area contributed by atoms with Gasteiger partial charge in [0.15, 0.2) is 29.7 Å². The molecule has 0 fully saturated rings. The summed E-state index contributed by atoms with van der Waals surface area (Å²) in [7, 11) is 0. The number of aryl methyl sites for hydroxylation is 4. The summed E-state index contributed by atoms with van der Waals surface area (Å²) in [4.78, 5) is 8.73. The van der Waals surface area contributed by atoms with E-state index in [1.165, 1.54) is 0 Å². The summed E-state index contributed by atoms with van der Waals surface area (Å²) >= 11 is 0. The summed E-state index contributed by atoms with van der Waals surface area (Å²) < 4.78 is 90.4. The molecule has 0 bridgehead atoms. The molecule has 10 heteroatoms. The minimum atomic E-state index is -4.73. The lowest BCUT2D eigenvalue weighted by Crippen LogP contribution is -2.20. The zero-order chi connectivity index (χ0) is 29.4. The van der Waals surface area contributed by atoms with Gasteiger partial charge in [0, 0.05) is 11.8 Å². The predicted molar refractivity (Wildman–Crippen MR) is 144 cm³/mol. The molecule has 1 heterocycles. The maximum Gasteiger partial charge on any atom is 0.422 e. The van der Waals surface area contributed by atoms with Crippen molar-refractivity contribution in [2.75, 3.05) is 13.2 Å². The van der Waals surface area contributed by atoms with Crippen LogP contribution < -0.4 is 9.47 Å². The summed E-state index contributed by atoms with van der Waals surface area (Å²) in [6, 6.07) is 10.6. The minimum absolute atomic E-state index is 0.0798. The second-order valence-electron chi connectivity index (χ2n) is 9.78. The van der Waals surface area contributed by atoms with Crippen LogP contribution in [0.4, 0.5) is 26.3 Å². The molecule has 4 nitrogen and oxygen atoms in total. The Bertz CT molecular complexity index is 1430. The zero-order valence-electron chi connectivity index (χ0n) is 22.5. The third-order valence-electron chi connectivity index (χ3n) is 6.56. The Labute approximate surface area is 234 Å². The molecule has 0 saturated carbocycles. The normalized spacial score (nSPS) is 11.7. The van der Waals surface area contributed by atoms with E-state index in [1.807, 2.05) is 12.1 Å². The highest BCUT2D eigenvalue weighted by atomic mass is 19.4. The van der Waals surface area contributed by atoms with Gasteiger partial charge in [-0.2, -0.15) is 13.2 Å². The first-order chi connectivity index (χ1) is 19.6. The van der Waals surface area contributed by atoms with Gasteiger partial charge in [0.05, 0.1) is 19.0 Å². The van der Waals surface area contributed by atoms with Gasteiger partial charge in [0.2, 0.25) is 0 Å². The highest BCUT2D eigenvalue weighted by Crippen LogP contribution is 2.28. The molecule has 0 aliphatic carbocycles. The van der Waals surface area contributed by atoms with Crippen LogP contribution in [0.5, 0.6) is 11.5 Å². The molecule has 0 spiro atoms. The van der Waals surface area contributed by atoms with Crippen LogP contribution in [-0.2, 0) is 25.7 Å². The maximum absolute atomic E-state index is 15.3. The van der Waals surface area contributed by atoms with Crippen LogP contribution in [-0.4, -0.2) is 29.4 Å². The monoisotopic (exact) mass is 576 g/mol. The lowest BCUT2D eigenvalue weighted by atomic mass is 9.98. The molecule has 0 aliphatic heterocycles. The first-order valence-electron chi connectivity index (χ1n) is 13.4. The number of alkyl halides is 3. The fraction of sp³-hybridized carbons (Fsp3) is 0.355. The number of halogens is 6. The molecule has 0 amide bonds. The van der Waals surface area contributed by atoms with Gasteiger partial charge in [-0.15, -0.1) is 0 Å². The molecular weight excluding hydrogens is 546 g/mol. The first kappa shape index (κ1) is 30.1. The predicted octanol–water partition coefficient (Wildman–Crippen LogP) is 8.13. The minimum Gasteiger partial charge on any atom is -0.490 e. The molecule has 0 saturated heterocycles. The molecule has 3 aromatic carbocycles. The highest BCUT2D eigenvalue weighted by molar-refractivity contribution is 5.84. The van der Waals surface area contributed by atoms with Crippen LogP contribution in [0, 0.1) is 17.5 Å². The molecule has 4 aromatic rings. The maximum atomic E-state index is 15.3. The van der Waals surface area contributed by atoms with Crippen molar-refractivity contribution in [3.05, 3.63) is 94.8 Å². The van der Waals surface area contributed by atoms with Crippen LogP contribution in [0.1, 0.15) is 48.7 Å². The van der Waals surface area contributed by atoms with E-state index in [0.717, 1.165) is 37.0 Å². The average molecular weight is 577 g/mol. The van der Waals surface area contributed by atoms with Crippen molar-refractivity contribution >= 4 is 10.8 Å². The molecule has 1 aromatic heterocycles. The van der Waals surface area contributed by atoms with Crippen molar-refractivity contribution in [3.63, 3.8) is 0 Å². The fourth-order valence-electron chi connectivity index (χ4n) is 4.41. The van der Waals surface area contributed by atoms with E-state index in [9.17, 15) is 22.0 Å². The SMILES string of the molecule is CCCCCOc1cnc(CCc2ccc3c(F)c(CCc4cc(F)c(OCC(F)(F)F)c(F)c4)ccc3c2)nc1. The van der Waals surface area contributed by atoms with Crippen molar-refractivity contribution < 1.29 is 35.8 Å². The standard InChI is InChI=1S/C31H30F6N2O2/c1-2-3-4-13-40-24-17-38-28(39-18-24)12-7-20-6-11-25-23(14-20)10-9-22(29(25)34)8-5-21-15-26(32)30(27(33)16-21)41-19-31(35,36)37/h6,9-11,14-18H,2-5,7-8,12-13,19H2,1H3. The summed E-state index contributed by atoms with van der Waals surface area (Å²) in [6.07, 6.45) is 3.33. The van der Waals surface area contributed by atoms with Crippen LogP contribution in [0.15, 0.2) is 54.9 Å². The molecule has 218 valence electrons. The third-order valence-corrected chi connectivity index (χ3v) is 6.56. The van der Waals surface area contributed by atoms with Crippen molar-refractivity contribution in [1.82, 2.24) is 9.97 Å². The van der Waals surface area contributed by atoms with Gasteiger partial charge in [-0.05, 0) is 59.9 Å². The number of hydrogen-bond donors (Lipinski definition) is 0. The largest absolute Gasteiger partial charge is 0.490 e. The number of nitrogens with zero attached hydrogens (tertiary/aromatic N) is 2. The number of hydrogen-bond acceptors (Lipinski definition) is 4. The van der Waals surface area contributed by atoms with Gasteiger partial charge in [-0.1, -0.05) is 50.1 Å². The van der Waals surface area contributed by atoms with Gasteiger partial charge in [-0.3, -0.25) is 0 Å². The topological polar surface area (TPSA) is 44.2 Å². The summed E-state index contributed by atoms with van der Waals surface area (Å²) in [5, 5.41) is 1.13. The van der Waals surface area contributed by atoms with E-state index in [4.69, 9.17) is 4.74 Å². The summed E-state index contributed by atoms with van der Waals surface area (Å²) in [5.41, 5.74) is 1.52. The molecule has 4 rings (SSSR count). The Balaban J connectivity index is 1.35. The molecule has 0 atom stereocenters. The second kappa shape index (κ2) is 13.7. The van der Waals surface area contributed by atoms with Crippen molar-refractivity contribution in [3.8, 4) is 11.5 Å². The Kier molecular flexibility index (Phi) is 10.1. The quantitative estimate of drug-likeness (QED) is 0.119. The second-order valence-corrected chi connectivity index (χ2v) is 9.78. The van der Waals surface area contributed by atoms with Gasteiger partial charge in [-0.25, -0.2) is 23.1 Å². The first-order valence-corrected chi connectivity index (χ1v) is 13.4. The number of ether oxygens (including phenoxy) is 2. The van der Waals surface area contributed by atoms with Crippen molar-refractivity contribution in [2.45, 2.75) is 58.0 Å². The van der Waals surface area contributed by atoms with Crippen LogP contribution in [0.2, 0.25) is 0 Å². The Hall–Kier alpha value is -3.82. The molecule has 0 radical (unpaired) electrons. The van der Waals surface area contributed by atoms with Gasteiger partial charge in [0.1, 0.15) is 11.6 Å². The van der Waals surface area contributed by atoms with Crippen LogP contribution >= 0.6 is 0 Å². The van der Waals surface area contributed by atoms with E-state index in [1.54, 1.807) is 30.6 Å². The summed E-state index contributed by atoms with van der Waals surface area (Å²) in [5.74, 6) is -2.68. The van der Waals surface area contributed by atoms with Gasteiger partial charge < -0.3 is 9.47 Å². The molecule has 0 unspecified atom stereocenters. The Morgan fingerprint density at radius 3 is 2.15 bits per heavy atom. The average Bonchev–Trinajstić information content (AvgIpc) is 2.93. The van der Waals surface area contributed by atoms with E-state index < -0.39 is 36.0 Å². The zero-order valence-corrected chi connectivity index (χ0v) is 22.5. The Morgan fingerprint density at radius 1 is 0.756 bits per heavy atom. The number of rotatable bonds is 13. The van der Waals surface area contributed by atoms with Gasteiger partial charge in [0.25, 0.3) is 0 Å². The van der Waals surface area contributed by atoms with E-state index in [2.05, 4.69) is 21.6 Å². The number of benzene rings is 3. The van der Waals surface area contributed by atoms with E-state index in [-0.39, 0.29) is 18.4 Å². The third kappa shape index (κ3) is 8.58. The Morgan fingerprint density at radius 2 is 1.46 bits per heavy atom. The molecule has 41 heavy (non-hydrogen) atoms. The fourth-order valence-corrected chi connectivity index (χ4v) is 4.41. The number of fused-ring (bicyclic) bond motifs is 1. The lowest BCUT2D eigenvalue weighted by molar-refractivity contribution is -0.154. The van der Waals surface area contributed by atoms with Gasteiger partial charge >= 0.3 is 6.18 Å². The van der Waals surface area contributed by atoms with E-state index >= 15 is 4.39 Å². The summed E-state index contributed by atoms with van der Waals surface area (Å²) in [6.45, 7) is 0.965. The number of unbranched alkanes of at least 4 members (excludes halogenated alkanes) is 2. The molecule has 0 aliphatic rings. The van der Waals surface area contributed by atoms with Crippen LogP contribution in [0.25, 0.3) is 10.8 Å².